The van der Waals surface area contributed by atoms with Crippen LogP contribution in [0.3, 0.4) is 0 Å². The highest BCUT2D eigenvalue weighted by atomic mass is 32.1. The predicted octanol–water partition coefficient (Wildman–Crippen LogP) is 1.54. The van der Waals surface area contributed by atoms with Crippen molar-refractivity contribution < 1.29 is 14.7 Å². The fourth-order valence-electron chi connectivity index (χ4n) is 2.26. The molecule has 9 heteroatoms. The number of thiazole rings is 1. The van der Waals surface area contributed by atoms with Gasteiger partial charge >= 0.3 is 6.09 Å². The number of aromatic nitrogens is 3. The van der Waals surface area contributed by atoms with Crippen molar-refractivity contribution in [2.45, 2.75) is 6.42 Å². The molecule has 0 radical (unpaired) electrons. The molecule has 2 aromatic heterocycles. The molecular formula is C13H13N5O3S. The lowest BCUT2D eigenvalue weighted by Gasteiger charge is -2.11. The number of amides is 2. The zero-order chi connectivity index (χ0) is 15.5. The van der Waals surface area contributed by atoms with Crippen LogP contribution in [0.15, 0.2) is 24.7 Å². The van der Waals surface area contributed by atoms with Crippen molar-refractivity contribution in [2.24, 2.45) is 5.92 Å². The van der Waals surface area contributed by atoms with Gasteiger partial charge in [0.1, 0.15) is 0 Å². The molecule has 0 saturated carbocycles. The van der Waals surface area contributed by atoms with Crippen molar-refractivity contribution in [3.05, 3.63) is 24.7 Å². The third-order valence-corrected chi connectivity index (χ3v) is 4.40. The number of carbonyl (C=O) groups excluding carboxylic acids is 1. The number of anilines is 1. The van der Waals surface area contributed by atoms with Crippen LogP contribution in [-0.4, -0.2) is 50.3 Å². The van der Waals surface area contributed by atoms with Gasteiger partial charge in [-0.1, -0.05) is 11.3 Å². The molecular weight excluding hydrogens is 306 g/mol. The molecule has 2 aromatic rings. The molecule has 0 bridgehead atoms. The van der Waals surface area contributed by atoms with Gasteiger partial charge in [0, 0.05) is 24.8 Å². The third-order valence-electron chi connectivity index (χ3n) is 3.43. The first-order chi connectivity index (χ1) is 10.6. The van der Waals surface area contributed by atoms with Crippen LogP contribution in [0.5, 0.6) is 0 Å². The first kappa shape index (κ1) is 14.4. The van der Waals surface area contributed by atoms with Gasteiger partial charge in [-0.25, -0.2) is 9.78 Å². The Morgan fingerprint density at radius 2 is 2.23 bits per heavy atom. The van der Waals surface area contributed by atoms with Gasteiger partial charge in [0.2, 0.25) is 5.91 Å². The van der Waals surface area contributed by atoms with Gasteiger partial charge in [-0.2, -0.15) is 10.2 Å². The molecule has 0 aromatic carbocycles. The highest BCUT2D eigenvalue weighted by Crippen LogP contribution is 2.28. The van der Waals surface area contributed by atoms with Crippen LogP contribution >= 0.6 is 11.3 Å². The summed E-state index contributed by atoms with van der Waals surface area (Å²) in [6.07, 6.45) is 4.42. The molecule has 0 spiro atoms. The van der Waals surface area contributed by atoms with Crippen molar-refractivity contribution in [3.8, 4) is 10.4 Å². The van der Waals surface area contributed by atoms with E-state index in [2.05, 4.69) is 20.5 Å². The summed E-state index contributed by atoms with van der Waals surface area (Å²) < 4.78 is 0. The SMILES string of the molecule is O=C(Nc1ncc(-c2ccnnc2)s1)[C@H]1CCN(C(=O)O)C1. The largest absolute Gasteiger partial charge is 0.465 e. The van der Waals surface area contributed by atoms with Crippen molar-refractivity contribution in [1.29, 1.82) is 0 Å². The van der Waals surface area contributed by atoms with E-state index in [1.807, 2.05) is 6.07 Å². The quantitative estimate of drug-likeness (QED) is 0.888. The zero-order valence-corrected chi connectivity index (χ0v) is 12.3. The van der Waals surface area contributed by atoms with Gasteiger partial charge in [-0.05, 0) is 12.5 Å². The number of carbonyl (C=O) groups is 2. The fourth-order valence-corrected chi connectivity index (χ4v) is 3.07. The summed E-state index contributed by atoms with van der Waals surface area (Å²) in [5, 5.41) is 19.7. The van der Waals surface area contributed by atoms with E-state index in [1.54, 1.807) is 18.6 Å². The molecule has 114 valence electrons. The molecule has 1 atom stereocenters. The van der Waals surface area contributed by atoms with E-state index >= 15 is 0 Å². The van der Waals surface area contributed by atoms with E-state index in [-0.39, 0.29) is 18.4 Å². The summed E-state index contributed by atoms with van der Waals surface area (Å²) >= 11 is 1.34. The maximum atomic E-state index is 12.1. The molecule has 2 amide bonds. The minimum Gasteiger partial charge on any atom is -0.465 e. The van der Waals surface area contributed by atoms with E-state index < -0.39 is 6.09 Å². The maximum absolute atomic E-state index is 12.1. The highest BCUT2D eigenvalue weighted by Gasteiger charge is 2.31. The van der Waals surface area contributed by atoms with Gasteiger partial charge in [-0.15, -0.1) is 0 Å². The van der Waals surface area contributed by atoms with E-state index in [0.29, 0.717) is 18.1 Å². The summed E-state index contributed by atoms with van der Waals surface area (Å²) in [7, 11) is 0. The average Bonchev–Trinajstić information content (AvgIpc) is 3.17. The van der Waals surface area contributed by atoms with Crippen LogP contribution in [0, 0.1) is 5.92 Å². The van der Waals surface area contributed by atoms with Gasteiger partial charge in [0.15, 0.2) is 5.13 Å². The Labute approximate surface area is 129 Å². The minimum atomic E-state index is -0.989. The number of carboxylic acid groups (broad SMARTS) is 1. The lowest BCUT2D eigenvalue weighted by atomic mass is 10.1. The van der Waals surface area contributed by atoms with E-state index in [4.69, 9.17) is 5.11 Å². The van der Waals surface area contributed by atoms with Crippen LogP contribution in [-0.2, 0) is 4.79 Å². The molecule has 3 rings (SSSR count). The second-order valence-corrected chi connectivity index (χ2v) is 5.89. The van der Waals surface area contributed by atoms with Crippen LogP contribution in [0.4, 0.5) is 9.93 Å². The molecule has 1 saturated heterocycles. The number of nitrogens with zero attached hydrogens (tertiary/aromatic N) is 4. The normalized spacial score (nSPS) is 17.5. The zero-order valence-electron chi connectivity index (χ0n) is 11.5. The van der Waals surface area contributed by atoms with Gasteiger partial charge < -0.3 is 15.3 Å². The van der Waals surface area contributed by atoms with Crippen LogP contribution in [0.1, 0.15) is 6.42 Å². The van der Waals surface area contributed by atoms with Gasteiger partial charge in [-0.3, -0.25) is 4.79 Å². The lowest BCUT2D eigenvalue weighted by Crippen LogP contribution is -2.30. The summed E-state index contributed by atoms with van der Waals surface area (Å²) in [6.45, 7) is 0.618. The number of hydrogen-bond donors (Lipinski definition) is 2. The molecule has 2 N–H and O–H groups in total. The molecule has 1 aliphatic heterocycles. The lowest BCUT2D eigenvalue weighted by molar-refractivity contribution is -0.119. The van der Waals surface area contributed by atoms with E-state index in [1.165, 1.54) is 16.2 Å². The highest BCUT2D eigenvalue weighted by molar-refractivity contribution is 7.19. The van der Waals surface area contributed by atoms with Gasteiger partial charge in [0.25, 0.3) is 0 Å². The Kier molecular flexibility index (Phi) is 3.96. The van der Waals surface area contributed by atoms with Crippen LogP contribution in [0.25, 0.3) is 10.4 Å². The van der Waals surface area contributed by atoms with Crippen molar-refractivity contribution in [2.75, 3.05) is 18.4 Å². The summed E-state index contributed by atoms with van der Waals surface area (Å²) in [5.41, 5.74) is 0.880. The molecule has 0 aliphatic carbocycles. The molecule has 1 fully saturated rings. The van der Waals surface area contributed by atoms with Crippen molar-refractivity contribution >= 4 is 28.5 Å². The summed E-state index contributed by atoms with van der Waals surface area (Å²) in [6, 6.07) is 1.81. The number of hydrogen-bond acceptors (Lipinski definition) is 6. The van der Waals surface area contributed by atoms with Crippen molar-refractivity contribution in [1.82, 2.24) is 20.1 Å². The summed E-state index contributed by atoms with van der Waals surface area (Å²) in [4.78, 5) is 29.3. The van der Waals surface area contributed by atoms with Gasteiger partial charge in [0.05, 0.1) is 23.2 Å². The fraction of sp³-hybridized carbons (Fsp3) is 0.308. The Morgan fingerprint density at radius 3 is 2.91 bits per heavy atom. The monoisotopic (exact) mass is 319 g/mol. The molecule has 3 heterocycles. The van der Waals surface area contributed by atoms with Crippen LogP contribution in [0.2, 0.25) is 0 Å². The first-order valence-electron chi connectivity index (χ1n) is 6.65. The second kappa shape index (κ2) is 6.06. The Bertz CT molecular complexity index is 690. The minimum absolute atomic E-state index is 0.197. The molecule has 1 aliphatic rings. The number of nitrogens with one attached hydrogen (secondary N) is 1. The maximum Gasteiger partial charge on any atom is 0.407 e. The molecule has 0 unspecified atom stereocenters. The van der Waals surface area contributed by atoms with E-state index in [0.717, 1.165) is 10.4 Å². The Balaban J connectivity index is 1.63. The average molecular weight is 319 g/mol. The van der Waals surface area contributed by atoms with Crippen LogP contribution < -0.4 is 5.32 Å². The third kappa shape index (κ3) is 3.03. The Morgan fingerprint density at radius 1 is 1.36 bits per heavy atom. The smallest absolute Gasteiger partial charge is 0.407 e. The topological polar surface area (TPSA) is 108 Å². The standard InChI is InChI=1S/C13H13N5O3S/c19-11(9-2-4-18(7-9)13(20)21)17-12-14-6-10(22-12)8-1-3-15-16-5-8/h1,3,5-6,9H,2,4,7H2,(H,20,21)(H,14,17,19)/t9-/m0/s1. The van der Waals surface area contributed by atoms with E-state index in [9.17, 15) is 9.59 Å². The summed E-state index contributed by atoms with van der Waals surface area (Å²) in [5.74, 6) is -0.524. The first-order valence-corrected chi connectivity index (χ1v) is 7.47. The molecule has 22 heavy (non-hydrogen) atoms. The van der Waals surface area contributed by atoms with Crippen molar-refractivity contribution in [3.63, 3.8) is 0 Å². The number of rotatable bonds is 3. The Hall–Kier alpha value is -2.55. The second-order valence-electron chi connectivity index (χ2n) is 4.86. The molecule has 8 nitrogen and oxygen atoms in total. The predicted molar refractivity (Wildman–Crippen MR) is 79.5 cm³/mol. The number of likely N-dealkylation sites (tertiary alicyclic amines) is 1.